The molecule has 2 amide bonds. The SMILES string of the molecule is CCOC(=O)N1c2ccc(OC)cc2[C@H](C(c2cc(C(F)(F)F)cc(C(F)(F)F)c2)c2ncc(N3CCN(C(=O)COC(C)=O)CC3)cn2)C[C@@]1(N)CC. The monoisotopic (exact) mass is 766 g/mol. The predicted octanol–water partition coefficient (Wildman–Crippen LogP) is 6.08. The van der Waals surface area contributed by atoms with Crippen molar-refractivity contribution in [2.24, 2.45) is 5.73 Å². The van der Waals surface area contributed by atoms with Crippen LogP contribution in [0.25, 0.3) is 0 Å². The zero-order valence-corrected chi connectivity index (χ0v) is 30.0. The van der Waals surface area contributed by atoms with Gasteiger partial charge in [0, 0.05) is 39.0 Å². The van der Waals surface area contributed by atoms with E-state index < -0.39 is 59.6 Å². The molecule has 0 radical (unpaired) electrons. The highest BCUT2D eigenvalue weighted by Gasteiger charge is 2.49. The fourth-order valence-corrected chi connectivity index (χ4v) is 6.89. The zero-order valence-electron chi connectivity index (χ0n) is 30.0. The van der Waals surface area contributed by atoms with E-state index in [-0.39, 0.29) is 61.6 Å². The number of nitrogens with two attached hydrogens (primary N) is 1. The molecule has 0 spiro atoms. The Morgan fingerprint density at radius 1 is 0.926 bits per heavy atom. The Kier molecular flexibility index (Phi) is 11.6. The predicted molar refractivity (Wildman–Crippen MR) is 183 cm³/mol. The van der Waals surface area contributed by atoms with E-state index in [1.54, 1.807) is 32.0 Å². The summed E-state index contributed by atoms with van der Waals surface area (Å²) in [7, 11) is 1.39. The van der Waals surface area contributed by atoms with E-state index in [2.05, 4.69) is 9.97 Å². The first kappa shape index (κ1) is 40.1. The molecule has 3 aromatic rings. The number of alkyl halides is 6. The van der Waals surface area contributed by atoms with Crippen LogP contribution in [0.15, 0.2) is 48.8 Å². The summed E-state index contributed by atoms with van der Waals surface area (Å²) in [5.41, 5.74) is 3.09. The molecule has 2 N–H and O–H groups in total. The van der Waals surface area contributed by atoms with Gasteiger partial charge in [-0.25, -0.2) is 14.8 Å². The third-order valence-corrected chi connectivity index (χ3v) is 9.66. The minimum Gasteiger partial charge on any atom is -0.497 e. The smallest absolute Gasteiger partial charge is 0.416 e. The molecule has 54 heavy (non-hydrogen) atoms. The summed E-state index contributed by atoms with van der Waals surface area (Å²) >= 11 is 0. The molecule has 2 aliphatic rings. The number of hydrogen-bond donors (Lipinski definition) is 1. The van der Waals surface area contributed by atoms with Gasteiger partial charge < -0.3 is 29.7 Å². The second-order valence-electron chi connectivity index (χ2n) is 13.0. The molecule has 1 unspecified atom stereocenters. The molecule has 5 rings (SSSR count). The van der Waals surface area contributed by atoms with Crippen molar-refractivity contribution >= 4 is 29.3 Å². The Morgan fingerprint density at radius 3 is 2.06 bits per heavy atom. The maximum absolute atomic E-state index is 14.2. The standard InChI is InChI=1S/C36H40F6N6O6/c1-5-34(43)17-28(27-16-26(52-4)7-8-29(27)48(34)33(51)53-6-2)31(22-13-23(35(37,38)39)15-24(14-22)36(40,41)42)32-44-18-25(19-45-32)46-9-11-47(12-10-46)30(50)20-54-21(3)49/h7-8,13-16,18-19,28,31H,5-6,9-12,17,20,43H2,1-4H3/t28-,31?,34-/m1/s1. The van der Waals surface area contributed by atoms with E-state index in [1.165, 1.54) is 36.2 Å². The molecule has 292 valence electrons. The van der Waals surface area contributed by atoms with Gasteiger partial charge in [0.1, 0.15) is 11.6 Å². The van der Waals surface area contributed by atoms with Crippen LogP contribution in [-0.4, -0.2) is 85.0 Å². The van der Waals surface area contributed by atoms with Crippen LogP contribution in [0.1, 0.15) is 73.5 Å². The molecular weight excluding hydrogens is 726 g/mol. The molecule has 18 heteroatoms. The van der Waals surface area contributed by atoms with Gasteiger partial charge in [-0.3, -0.25) is 14.5 Å². The number of benzene rings is 2. The molecule has 1 aromatic heterocycles. The van der Waals surface area contributed by atoms with E-state index >= 15 is 0 Å². The van der Waals surface area contributed by atoms with Crippen molar-refractivity contribution in [1.29, 1.82) is 0 Å². The quantitative estimate of drug-likeness (QED) is 0.201. The van der Waals surface area contributed by atoms with Crippen molar-refractivity contribution in [3.8, 4) is 5.75 Å². The minimum atomic E-state index is -5.14. The van der Waals surface area contributed by atoms with Gasteiger partial charge in [-0.05, 0) is 67.3 Å². The van der Waals surface area contributed by atoms with Crippen molar-refractivity contribution in [2.75, 3.05) is 56.3 Å². The maximum atomic E-state index is 14.2. The normalized spacial score (nSPS) is 19.5. The lowest BCUT2D eigenvalue weighted by Crippen LogP contribution is -2.62. The largest absolute Gasteiger partial charge is 0.497 e. The van der Waals surface area contributed by atoms with Crippen LogP contribution in [0.4, 0.5) is 42.5 Å². The van der Waals surface area contributed by atoms with Crippen LogP contribution < -0.4 is 20.3 Å². The van der Waals surface area contributed by atoms with Crippen molar-refractivity contribution in [3.05, 3.63) is 76.9 Å². The number of amides is 2. The fourth-order valence-electron chi connectivity index (χ4n) is 6.89. The second kappa shape index (κ2) is 15.7. The van der Waals surface area contributed by atoms with Gasteiger partial charge in [0.25, 0.3) is 5.91 Å². The van der Waals surface area contributed by atoms with Gasteiger partial charge in [-0.1, -0.05) is 6.92 Å². The van der Waals surface area contributed by atoms with E-state index in [9.17, 15) is 40.7 Å². The number of methoxy groups -OCH3 is 1. The third-order valence-electron chi connectivity index (χ3n) is 9.66. The first-order valence-corrected chi connectivity index (χ1v) is 17.1. The van der Waals surface area contributed by atoms with Gasteiger partial charge in [0.15, 0.2) is 6.61 Å². The molecule has 1 fully saturated rings. The van der Waals surface area contributed by atoms with E-state index in [0.717, 1.165) is 0 Å². The lowest BCUT2D eigenvalue weighted by molar-refractivity contribution is -0.150. The Bertz CT molecular complexity index is 1820. The summed E-state index contributed by atoms with van der Waals surface area (Å²) < 4.78 is 101. The molecule has 0 saturated carbocycles. The Morgan fingerprint density at radius 2 is 1.54 bits per heavy atom. The number of aromatic nitrogens is 2. The summed E-state index contributed by atoms with van der Waals surface area (Å²) in [5.74, 6) is -3.06. The van der Waals surface area contributed by atoms with Gasteiger partial charge in [-0.15, -0.1) is 0 Å². The summed E-state index contributed by atoms with van der Waals surface area (Å²) in [6, 6.07) is 6.03. The highest BCUT2D eigenvalue weighted by atomic mass is 19.4. The summed E-state index contributed by atoms with van der Waals surface area (Å²) in [6.07, 6.45) is -8.23. The number of esters is 1. The minimum absolute atomic E-state index is 0.0109. The number of nitrogens with zero attached hydrogens (tertiary/aromatic N) is 5. The first-order chi connectivity index (χ1) is 25.4. The van der Waals surface area contributed by atoms with Gasteiger partial charge >= 0.3 is 24.4 Å². The van der Waals surface area contributed by atoms with E-state index in [0.29, 0.717) is 42.2 Å². The number of carbonyl (C=O) groups excluding carboxylic acids is 3. The number of hydrogen-bond acceptors (Lipinski definition) is 10. The summed E-state index contributed by atoms with van der Waals surface area (Å²) in [5, 5.41) is 0. The second-order valence-corrected chi connectivity index (χ2v) is 13.0. The number of halogens is 6. The summed E-state index contributed by atoms with van der Waals surface area (Å²) in [4.78, 5) is 50.6. The topological polar surface area (TPSA) is 140 Å². The average Bonchev–Trinajstić information content (AvgIpc) is 3.13. The Labute approximate surface area is 307 Å². The van der Waals surface area contributed by atoms with E-state index in [1.807, 2.05) is 4.90 Å². The number of rotatable bonds is 9. The van der Waals surface area contributed by atoms with Gasteiger partial charge in [-0.2, -0.15) is 26.3 Å². The third kappa shape index (κ3) is 8.48. The molecule has 0 aliphatic carbocycles. The summed E-state index contributed by atoms with van der Waals surface area (Å²) in [6.45, 7) is 5.36. The number of ether oxygens (including phenoxy) is 3. The highest BCUT2D eigenvalue weighted by Crippen LogP contribution is 2.52. The lowest BCUT2D eigenvalue weighted by atomic mass is 9.71. The van der Waals surface area contributed by atoms with E-state index in [4.69, 9.17) is 19.9 Å². The van der Waals surface area contributed by atoms with Gasteiger partial charge in [0.05, 0.1) is 60.2 Å². The number of carbonyl (C=O) groups is 3. The van der Waals surface area contributed by atoms with Gasteiger partial charge in [0.2, 0.25) is 0 Å². The average molecular weight is 767 g/mol. The van der Waals surface area contributed by atoms with Crippen molar-refractivity contribution in [1.82, 2.24) is 14.9 Å². The van der Waals surface area contributed by atoms with Crippen molar-refractivity contribution in [3.63, 3.8) is 0 Å². The molecule has 2 aromatic carbocycles. The lowest BCUT2D eigenvalue weighted by Gasteiger charge is -2.48. The Balaban J connectivity index is 1.64. The zero-order chi connectivity index (χ0) is 39.6. The molecule has 12 nitrogen and oxygen atoms in total. The molecular formula is C36H40F6N6O6. The molecule has 3 heterocycles. The van der Waals surface area contributed by atoms with Crippen molar-refractivity contribution < 1.29 is 54.9 Å². The molecule has 1 saturated heterocycles. The number of fused-ring (bicyclic) bond motifs is 1. The highest BCUT2D eigenvalue weighted by molar-refractivity contribution is 5.91. The molecule has 2 aliphatic heterocycles. The maximum Gasteiger partial charge on any atom is 0.416 e. The Hall–Kier alpha value is -5.13. The van der Waals surface area contributed by atoms with Crippen LogP contribution in [0.2, 0.25) is 0 Å². The van der Waals surface area contributed by atoms with Crippen LogP contribution in [-0.2, 0) is 31.4 Å². The van der Waals surface area contributed by atoms with Crippen LogP contribution in [0, 0.1) is 0 Å². The molecule has 3 atom stereocenters. The number of anilines is 2. The van der Waals surface area contributed by atoms with Crippen LogP contribution >= 0.6 is 0 Å². The van der Waals surface area contributed by atoms with Crippen LogP contribution in [0.5, 0.6) is 5.75 Å². The molecule has 0 bridgehead atoms. The van der Waals surface area contributed by atoms with Crippen LogP contribution in [0.3, 0.4) is 0 Å². The first-order valence-electron chi connectivity index (χ1n) is 17.1. The number of piperazine rings is 1. The fraction of sp³-hybridized carbons (Fsp3) is 0.472. The van der Waals surface area contributed by atoms with Crippen molar-refractivity contribution in [2.45, 2.75) is 63.5 Å².